The molecule has 0 unspecified atom stereocenters. The van der Waals surface area contributed by atoms with Gasteiger partial charge in [0.1, 0.15) is 12.4 Å². The van der Waals surface area contributed by atoms with Crippen molar-refractivity contribution in [1.29, 1.82) is 0 Å². The molecule has 9 heteroatoms. The second-order valence-corrected chi connectivity index (χ2v) is 6.30. The van der Waals surface area contributed by atoms with Gasteiger partial charge in [0.05, 0.1) is 0 Å². The highest BCUT2D eigenvalue weighted by Crippen LogP contribution is 2.15. The summed E-state index contributed by atoms with van der Waals surface area (Å²) in [6.07, 6.45) is 0. The summed E-state index contributed by atoms with van der Waals surface area (Å²) in [6, 6.07) is 5.16. The third-order valence-corrected chi connectivity index (χ3v) is 2.85. The van der Waals surface area contributed by atoms with Crippen LogP contribution in [-0.4, -0.2) is 33.8 Å². The van der Waals surface area contributed by atoms with Crippen LogP contribution in [-0.2, 0) is 20.9 Å². The van der Waals surface area contributed by atoms with Gasteiger partial charge in [-0.1, -0.05) is 0 Å². The molecule has 8 nitrogen and oxygen atoms in total. The highest BCUT2D eigenvalue weighted by atomic mass is 19.1. The quantitative estimate of drug-likeness (QED) is 0.809. The summed E-state index contributed by atoms with van der Waals surface area (Å²) < 4.78 is 23.4. The molecule has 2 aromatic rings. The van der Waals surface area contributed by atoms with Gasteiger partial charge in [0.25, 0.3) is 5.91 Å². The van der Waals surface area contributed by atoms with E-state index >= 15 is 0 Å². The molecule has 0 radical (unpaired) electrons. The molecule has 1 aromatic heterocycles. The molecule has 0 aliphatic carbocycles. The van der Waals surface area contributed by atoms with E-state index < -0.39 is 42.1 Å². The minimum Gasteiger partial charge on any atom is -0.454 e. The van der Waals surface area contributed by atoms with Crippen LogP contribution in [0.3, 0.4) is 0 Å². The van der Waals surface area contributed by atoms with Gasteiger partial charge < -0.3 is 14.5 Å². The predicted octanol–water partition coefficient (Wildman–Crippen LogP) is 1.10. The van der Waals surface area contributed by atoms with Gasteiger partial charge in [-0.25, -0.2) is 9.18 Å². The SMILES string of the molecule is CC(C)(C)NC(=O)COC(=O)Cn1nc(-c2ccc(F)cc2)oc1=O. The third kappa shape index (κ3) is 5.55. The Kier molecular flexibility index (Phi) is 5.35. The molecule has 1 heterocycles. The number of esters is 1. The van der Waals surface area contributed by atoms with E-state index in [0.29, 0.717) is 5.56 Å². The fourth-order valence-electron chi connectivity index (χ4n) is 1.88. The number of ether oxygens (including phenoxy) is 1. The van der Waals surface area contributed by atoms with Gasteiger partial charge in [-0.3, -0.25) is 9.59 Å². The van der Waals surface area contributed by atoms with E-state index in [4.69, 9.17) is 9.15 Å². The molecule has 0 bridgehead atoms. The zero-order chi connectivity index (χ0) is 18.6. The standard InChI is InChI=1S/C16H18FN3O5/c1-16(2,3)18-12(21)9-24-13(22)8-20-15(23)25-14(19-20)10-4-6-11(17)7-5-10/h4-7H,8-9H2,1-3H3,(H,18,21). The fourth-order valence-corrected chi connectivity index (χ4v) is 1.88. The van der Waals surface area contributed by atoms with Crippen molar-refractivity contribution in [2.24, 2.45) is 0 Å². The van der Waals surface area contributed by atoms with Crippen molar-refractivity contribution in [1.82, 2.24) is 15.1 Å². The molecule has 0 atom stereocenters. The first-order valence-corrected chi connectivity index (χ1v) is 7.44. The highest BCUT2D eigenvalue weighted by molar-refractivity contribution is 5.80. The first kappa shape index (κ1) is 18.4. The molecule has 134 valence electrons. The second kappa shape index (κ2) is 7.29. The highest BCUT2D eigenvalue weighted by Gasteiger charge is 2.17. The molecule has 0 spiro atoms. The van der Waals surface area contributed by atoms with Gasteiger partial charge in [0.15, 0.2) is 6.61 Å². The van der Waals surface area contributed by atoms with Gasteiger partial charge in [0, 0.05) is 11.1 Å². The summed E-state index contributed by atoms with van der Waals surface area (Å²) in [5, 5.41) is 6.48. The minimum atomic E-state index is -0.865. The molecule has 0 fully saturated rings. The Hall–Kier alpha value is -2.97. The number of rotatable bonds is 5. The number of benzene rings is 1. The van der Waals surface area contributed by atoms with E-state index in [-0.39, 0.29) is 5.89 Å². The summed E-state index contributed by atoms with van der Waals surface area (Å²) in [5.41, 5.74) is -0.0634. The molecule has 1 amide bonds. The Morgan fingerprint density at radius 3 is 2.52 bits per heavy atom. The molecule has 25 heavy (non-hydrogen) atoms. The molecular formula is C16H18FN3O5. The maximum absolute atomic E-state index is 12.9. The van der Waals surface area contributed by atoms with Crippen molar-refractivity contribution in [3.8, 4) is 11.5 Å². The molecule has 0 aliphatic rings. The third-order valence-electron chi connectivity index (χ3n) is 2.85. The number of nitrogens with one attached hydrogen (secondary N) is 1. The van der Waals surface area contributed by atoms with Crippen LogP contribution in [0.25, 0.3) is 11.5 Å². The molecule has 1 aromatic carbocycles. The Labute approximate surface area is 142 Å². The Balaban J connectivity index is 1.96. The largest absolute Gasteiger partial charge is 0.454 e. The average molecular weight is 351 g/mol. The van der Waals surface area contributed by atoms with Gasteiger partial charge in [-0.2, -0.15) is 4.68 Å². The summed E-state index contributed by atoms with van der Waals surface area (Å²) in [6.45, 7) is 4.40. The smallest absolute Gasteiger partial charge is 0.437 e. The maximum Gasteiger partial charge on any atom is 0.437 e. The number of nitrogens with zero attached hydrogens (tertiary/aromatic N) is 2. The van der Waals surface area contributed by atoms with Crippen LogP contribution in [0, 0.1) is 5.82 Å². The summed E-state index contributed by atoms with van der Waals surface area (Å²) in [5.74, 6) is -2.63. The number of carbonyl (C=O) groups is 2. The lowest BCUT2D eigenvalue weighted by Crippen LogP contribution is -2.43. The number of hydrogen-bond acceptors (Lipinski definition) is 6. The van der Waals surface area contributed by atoms with Gasteiger partial charge in [-0.05, 0) is 45.0 Å². The van der Waals surface area contributed by atoms with Gasteiger partial charge in [-0.15, -0.1) is 5.10 Å². The summed E-state index contributed by atoms with van der Waals surface area (Å²) in [4.78, 5) is 35.0. The number of amides is 1. The van der Waals surface area contributed by atoms with E-state index in [9.17, 15) is 18.8 Å². The summed E-state index contributed by atoms with van der Waals surface area (Å²) >= 11 is 0. The lowest BCUT2D eigenvalue weighted by Gasteiger charge is -2.20. The van der Waals surface area contributed by atoms with Crippen LogP contribution in [0.5, 0.6) is 0 Å². The predicted molar refractivity (Wildman–Crippen MR) is 85.0 cm³/mol. The number of aromatic nitrogens is 2. The van der Waals surface area contributed by atoms with Crippen molar-refractivity contribution in [2.45, 2.75) is 32.9 Å². The van der Waals surface area contributed by atoms with Crippen LogP contribution < -0.4 is 11.1 Å². The number of hydrogen-bond donors (Lipinski definition) is 1. The van der Waals surface area contributed by atoms with Crippen molar-refractivity contribution >= 4 is 11.9 Å². The van der Waals surface area contributed by atoms with Gasteiger partial charge in [0.2, 0.25) is 5.89 Å². The van der Waals surface area contributed by atoms with Crippen LogP contribution in [0.1, 0.15) is 20.8 Å². The lowest BCUT2D eigenvalue weighted by atomic mass is 10.1. The molecule has 0 saturated carbocycles. The maximum atomic E-state index is 12.9. The zero-order valence-corrected chi connectivity index (χ0v) is 14.0. The molecule has 1 N–H and O–H groups in total. The first-order chi connectivity index (χ1) is 11.6. The number of halogens is 1. The number of carbonyl (C=O) groups excluding carboxylic acids is 2. The van der Waals surface area contributed by atoms with Crippen LogP contribution >= 0.6 is 0 Å². The average Bonchev–Trinajstić information content (AvgIpc) is 2.85. The van der Waals surface area contributed by atoms with Crippen molar-refractivity contribution in [3.63, 3.8) is 0 Å². The van der Waals surface area contributed by atoms with E-state index in [1.54, 1.807) is 20.8 Å². The molecular weight excluding hydrogens is 333 g/mol. The minimum absolute atomic E-state index is 0.0525. The summed E-state index contributed by atoms with van der Waals surface area (Å²) in [7, 11) is 0. The fraction of sp³-hybridized carbons (Fsp3) is 0.375. The van der Waals surface area contributed by atoms with E-state index in [1.165, 1.54) is 24.3 Å². The van der Waals surface area contributed by atoms with Crippen LogP contribution in [0.15, 0.2) is 33.5 Å². The molecule has 2 rings (SSSR count). The monoisotopic (exact) mass is 351 g/mol. The van der Waals surface area contributed by atoms with Crippen molar-refractivity contribution < 1.29 is 23.1 Å². The van der Waals surface area contributed by atoms with Crippen molar-refractivity contribution in [3.05, 3.63) is 40.6 Å². The zero-order valence-electron chi connectivity index (χ0n) is 14.0. The Bertz CT molecular complexity index is 818. The van der Waals surface area contributed by atoms with E-state index in [2.05, 4.69) is 10.4 Å². The molecule has 0 aliphatic heterocycles. The van der Waals surface area contributed by atoms with E-state index in [1.807, 2.05) is 0 Å². The lowest BCUT2D eigenvalue weighted by molar-refractivity contribution is -0.149. The Morgan fingerprint density at radius 1 is 1.28 bits per heavy atom. The topological polar surface area (TPSA) is 103 Å². The Morgan fingerprint density at radius 2 is 1.92 bits per heavy atom. The van der Waals surface area contributed by atoms with Crippen molar-refractivity contribution in [2.75, 3.05) is 6.61 Å². The van der Waals surface area contributed by atoms with Gasteiger partial charge >= 0.3 is 11.7 Å². The van der Waals surface area contributed by atoms with Crippen LogP contribution in [0.4, 0.5) is 4.39 Å². The molecule has 0 saturated heterocycles. The second-order valence-electron chi connectivity index (χ2n) is 6.30. The van der Waals surface area contributed by atoms with Crippen LogP contribution in [0.2, 0.25) is 0 Å². The normalized spacial score (nSPS) is 11.2. The van der Waals surface area contributed by atoms with E-state index in [0.717, 1.165) is 4.68 Å². The first-order valence-electron chi connectivity index (χ1n) is 7.44.